The van der Waals surface area contributed by atoms with Crippen LogP contribution in [0.4, 0.5) is 24.5 Å². The maximum Gasteiger partial charge on any atom is 0.416 e. The third kappa shape index (κ3) is 4.63. The third-order valence-corrected chi connectivity index (χ3v) is 6.96. The van der Waals surface area contributed by atoms with E-state index in [0.717, 1.165) is 44.9 Å². The highest BCUT2D eigenvalue weighted by molar-refractivity contribution is 9.10. The molecule has 9 heteroatoms. The summed E-state index contributed by atoms with van der Waals surface area (Å²) >= 11 is 3.40. The van der Waals surface area contributed by atoms with Crippen LogP contribution in [0.15, 0.2) is 76.8 Å². The van der Waals surface area contributed by atoms with Crippen LogP contribution in [-0.2, 0) is 15.8 Å². The van der Waals surface area contributed by atoms with Crippen molar-refractivity contribution in [2.75, 3.05) is 23.9 Å². The molecule has 1 unspecified atom stereocenters. The van der Waals surface area contributed by atoms with Crippen LogP contribution in [0.3, 0.4) is 0 Å². The second-order valence-electron chi connectivity index (χ2n) is 8.66. The fraction of sp³-hybridized carbons (Fsp3) is 0.185. The van der Waals surface area contributed by atoms with Crippen molar-refractivity contribution < 1.29 is 27.9 Å². The summed E-state index contributed by atoms with van der Waals surface area (Å²) in [5.74, 6) is -2.22. The monoisotopic (exact) mass is 558 g/mol. The van der Waals surface area contributed by atoms with Gasteiger partial charge >= 0.3 is 6.18 Å². The number of hydrogen-bond acceptors (Lipinski definition) is 4. The van der Waals surface area contributed by atoms with Gasteiger partial charge in [-0.1, -0.05) is 34.1 Å². The first-order valence-corrected chi connectivity index (χ1v) is 11.7. The van der Waals surface area contributed by atoms with E-state index in [1.54, 1.807) is 42.5 Å². The summed E-state index contributed by atoms with van der Waals surface area (Å²) in [6.45, 7) is 1.82. The Kier molecular flexibility index (Phi) is 6.70. The summed E-state index contributed by atoms with van der Waals surface area (Å²) in [5, 5.41) is 11.2. The molecule has 0 bridgehead atoms. The lowest BCUT2D eigenvalue weighted by molar-refractivity contribution is -0.137. The summed E-state index contributed by atoms with van der Waals surface area (Å²) in [6.07, 6.45) is -4.55. The van der Waals surface area contributed by atoms with Gasteiger partial charge in [0, 0.05) is 35.5 Å². The zero-order chi connectivity index (χ0) is 26.4. The van der Waals surface area contributed by atoms with Gasteiger partial charge in [0.25, 0.3) is 11.7 Å². The quantitative estimate of drug-likeness (QED) is 0.226. The number of rotatable bonds is 4. The van der Waals surface area contributed by atoms with Crippen molar-refractivity contribution in [3.05, 3.63) is 99.0 Å². The molecule has 3 aromatic rings. The molecule has 3 aromatic carbocycles. The van der Waals surface area contributed by atoms with E-state index in [4.69, 9.17) is 0 Å². The van der Waals surface area contributed by atoms with Gasteiger partial charge in [-0.2, -0.15) is 13.2 Å². The van der Waals surface area contributed by atoms with Crippen LogP contribution in [0, 0.1) is 6.92 Å². The summed E-state index contributed by atoms with van der Waals surface area (Å²) < 4.78 is 40.1. The number of aliphatic hydroxyl groups excluding tert-OH is 1. The summed E-state index contributed by atoms with van der Waals surface area (Å²) in [6, 6.07) is 15.0. The average molecular weight is 559 g/mol. The number of hydrogen-bond donors (Lipinski definition) is 1. The number of anilines is 2. The van der Waals surface area contributed by atoms with Crippen molar-refractivity contribution >= 4 is 44.8 Å². The maximum atomic E-state index is 13.2. The van der Waals surface area contributed by atoms with Crippen molar-refractivity contribution in [1.82, 2.24) is 0 Å². The number of halogens is 4. The van der Waals surface area contributed by atoms with Gasteiger partial charge in [0.1, 0.15) is 5.76 Å². The lowest BCUT2D eigenvalue weighted by atomic mass is 9.94. The molecule has 1 fully saturated rings. The van der Waals surface area contributed by atoms with Crippen molar-refractivity contribution in [3.63, 3.8) is 0 Å². The van der Waals surface area contributed by atoms with E-state index in [1.807, 2.05) is 25.9 Å². The van der Waals surface area contributed by atoms with E-state index in [-0.39, 0.29) is 17.0 Å². The van der Waals surface area contributed by atoms with Crippen LogP contribution in [0.25, 0.3) is 5.76 Å². The van der Waals surface area contributed by atoms with Crippen molar-refractivity contribution in [2.45, 2.75) is 19.1 Å². The van der Waals surface area contributed by atoms with Gasteiger partial charge in [-0.25, -0.2) is 0 Å². The van der Waals surface area contributed by atoms with E-state index in [9.17, 15) is 27.9 Å². The average Bonchev–Trinajstić information content (AvgIpc) is 3.10. The molecule has 186 valence electrons. The third-order valence-electron chi connectivity index (χ3n) is 6.07. The fourth-order valence-corrected chi connectivity index (χ4v) is 4.37. The van der Waals surface area contributed by atoms with E-state index >= 15 is 0 Å². The molecule has 1 heterocycles. The molecule has 36 heavy (non-hydrogen) atoms. The largest absolute Gasteiger partial charge is 0.507 e. The molecule has 1 amide bonds. The molecule has 0 radical (unpaired) electrons. The minimum absolute atomic E-state index is 0.109. The molecule has 1 aliphatic rings. The highest BCUT2D eigenvalue weighted by Crippen LogP contribution is 2.43. The molecular formula is C27H22BrF3N2O3. The number of carbonyl (C=O) groups is 2. The smallest absolute Gasteiger partial charge is 0.416 e. The van der Waals surface area contributed by atoms with Gasteiger partial charge in [-0.05, 0) is 66.6 Å². The Labute approximate surface area is 214 Å². The van der Waals surface area contributed by atoms with Gasteiger partial charge in [0.2, 0.25) is 0 Å². The molecule has 0 aromatic heterocycles. The topological polar surface area (TPSA) is 60.9 Å². The molecule has 0 saturated carbocycles. The van der Waals surface area contributed by atoms with Crippen molar-refractivity contribution in [2.24, 2.45) is 0 Å². The van der Waals surface area contributed by atoms with E-state index in [1.165, 1.54) is 0 Å². The normalized spacial score (nSPS) is 17.5. The van der Waals surface area contributed by atoms with Crippen LogP contribution < -0.4 is 9.80 Å². The van der Waals surface area contributed by atoms with Crippen LogP contribution >= 0.6 is 15.9 Å². The fourth-order valence-electron chi connectivity index (χ4n) is 4.13. The molecule has 0 spiro atoms. The predicted octanol–water partition coefficient (Wildman–Crippen LogP) is 6.47. The molecule has 5 nitrogen and oxygen atoms in total. The zero-order valence-electron chi connectivity index (χ0n) is 19.6. The van der Waals surface area contributed by atoms with Gasteiger partial charge in [0.05, 0.1) is 17.2 Å². The summed E-state index contributed by atoms with van der Waals surface area (Å²) in [5.41, 5.74) is 1.64. The molecule has 0 aliphatic carbocycles. The highest BCUT2D eigenvalue weighted by Gasteiger charge is 2.47. The van der Waals surface area contributed by atoms with Crippen molar-refractivity contribution in [3.8, 4) is 0 Å². The van der Waals surface area contributed by atoms with E-state index < -0.39 is 29.5 Å². The van der Waals surface area contributed by atoms with Gasteiger partial charge in [0.15, 0.2) is 0 Å². The molecular weight excluding hydrogens is 537 g/mol. The minimum atomic E-state index is -4.55. The number of amides is 1. The Hall–Kier alpha value is -3.59. The lowest BCUT2D eigenvalue weighted by Gasteiger charge is -2.26. The summed E-state index contributed by atoms with van der Waals surface area (Å²) in [7, 11) is 3.72. The number of alkyl halides is 3. The van der Waals surface area contributed by atoms with Crippen LogP contribution in [0.2, 0.25) is 0 Å². The first-order chi connectivity index (χ1) is 16.9. The second kappa shape index (κ2) is 9.46. The molecule has 1 aliphatic heterocycles. The second-order valence-corrected chi connectivity index (χ2v) is 9.52. The predicted molar refractivity (Wildman–Crippen MR) is 136 cm³/mol. The maximum absolute atomic E-state index is 13.2. The Morgan fingerprint density at radius 1 is 0.972 bits per heavy atom. The number of Topliss-reactive ketones (excluding diaryl/α,β-unsaturated/α-hetero) is 1. The Morgan fingerprint density at radius 2 is 1.58 bits per heavy atom. The Balaban J connectivity index is 1.91. The SMILES string of the molecule is Cc1cc(/C(O)=C2/C(=O)C(=O)N(c3ccc(C(F)(F)F)cc3)C2c2ccc(N(C)C)cc2)ccc1Br. The van der Waals surface area contributed by atoms with E-state index in [0.29, 0.717) is 11.1 Å². The van der Waals surface area contributed by atoms with Crippen LogP contribution in [-0.4, -0.2) is 30.9 Å². The molecule has 1 atom stereocenters. The van der Waals surface area contributed by atoms with Gasteiger partial charge < -0.3 is 10.0 Å². The highest BCUT2D eigenvalue weighted by atomic mass is 79.9. The lowest BCUT2D eigenvalue weighted by Crippen LogP contribution is -2.29. The van der Waals surface area contributed by atoms with Crippen LogP contribution in [0.5, 0.6) is 0 Å². The zero-order valence-corrected chi connectivity index (χ0v) is 21.2. The van der Waals surface area contributed by atoms with Gasteiger partial charge in [-0.3, -0.25) is 14.5 Å². The van der Waals surface area contributed by atoms with Crippen LogP contribution in [0.1, 0.15) is 28.3 Å². The first kappa shape index (κ1) is 25.5. The Morgan fingerprint density at radius 3 is 2.11 bits per heavy atom. The molecule has 1 N–H and O–H groups in total. The summed E-state index contributed by atoms with van der Waals surface area (Å²) in [4.78, 5) is 29.4. The molecule has 1 saturated heterocycles. The number of nitrogens with zero attached hydrogens (tertiary/aromatic N) is 2. The first-order valence-electron chi connectivity index (χ1n) is 10.9. The van der Waals surface area contributed by atoms with Crippen molar-refractivity contribution in [1.29, 1.82) is 0 Å². The molecule has 4 rings (SSSR count). The number of benzene rings is 3. The number of aryl methyl sites for hydroxylation is 1. The minimum Gasteiger partial charge on any atom is -0.507 e. The number of aliphatic hydroxyl groups is 1. The number of ketones is 1. The Bertz CT molecular complexity index is 1360. The van der Waals surface area contributed by atoms with E-state index in [2.05, 4.69) is 15.9 Å². The standard InChI is InChI=1S/C27H22BrF3N2O3/c1-15-14-17(6-13-21(15)28)24(34)22-23(16-4-9-19(10-5-16)32(2)3)33(26(36)25(22)35)20-11-7-18(8-12-20)27(29,30)31/h4-14,23,34H,1-3H3/b24-22-. The van der Waals surface area contributed by atoms with Gasteiger partial charge in [-0.15, -0.1) is 0 Å². The number of carbonyl (C=O) groups excluding carboxylic acids is 2.